The second-order valence-electron chi connectivity index (χ2n) is 5.04. The number of fused-ring (bicyclic) bond motifs is 2. The fourth-order valence-corrected chi connectivity index (χ4v) is 3.00. The molecule has 1 saturated heterocycles. The highest BCUT2D eigenvalue weighted by Gasteiger charge is 2.39. The molecule has 1 aromatic rings. The first-order valence-electron chi connectivity index (χ1n) is 5.98. The summed E-state index contributed by atoms with van der Waals surface area (Å²) in [6, 6.07) is 1.29. The zero-order chi connectivity index (χ0) is 11.1. The molecule has 3 rings (SSSR count). The topological polar surface area (TPSA) is 29.0 Å². The van der Waals surface area contributed by atoms with Crippen molar-refractivity contribution in [3.8, 4) is 0 Å². The molecule has 16 heavy (non-hydrogen) atoms. The molecular weight excluding hydrogens is 198 g/mol. The largest absolute Gasteiger partial charge is 0.294 e. The lowest BCUT2D eigenvalue weighted by Gasteiger charge is -2.29. The maximum atomic E-state index is 4.10. The number of likely N-dealkylation sites (tertiary alicyclic amines) is 1. The van der Waals surface area contributed by atoms with Crippen molar-refractivity contribution in [2.75, 3.05) is 6.54 Å². The van der Waals surface area contributed by atoms with E-state index in [0.29, 0.717) is 18.0 Å². The highest BCUT2D eigenvalue weighted by molar-refractivity contribution is 5.70. The molecular formula is C13H17N3. The summed E-state index contributed by atoms with van der Waals surface area (Å²) < 4.78 is 0. The summed E-state index contributed by atoms with van der Waals surface area (Å²) in [6.45, 7) is 5.75. The van der Waals surface area contributed by atoms with Gasteiger partial charge in [0, 0.05) is 36.6 Å². The first-order valence-corrected chi connectivity index (χ1v) is 5.98. The molecule has 0 aromatic carbocycles. The van der Waals surface area contributed by atoms with E-state index in [2.05, 4.69) is 34.8 Å². The predicted molar refractivity (Wildman–Crippen MR) is 63.7 cm³/mol. The number of nitrogens with zero attached hydrogens (tertiary/aromatic N) is 3. The van der Waals surface area contributed by atoms with Crippen LogP contribution in [0.15, 0.2) is 24.8 Å². The molecule has 1 aliphatic carbocycles. The van der Waals surface area contributed by atoms with E-state index in [4.69, 9.17) is 0 Å². The van der Waals surface area contributed by atoms with Crippen molar-refractivity contribution in [2.45, 2.75) is 32.4 Å². The summed E-state index contributed by atoms with van der Waals surface area (Å²) >= 11 is 0. The Morgan fingerprint density at radius 3 is 2.62 bits per heavy atom. The van der Waals surface area contributed by atoms with E-state index >= 15 is 0 Å². The summed E-state index contributed by atoms with van der Waals surface area (Å²) in [4.78, 5) is 10.8. The third-order valence-electron chi connectivity index (χ3n) is 3.75. The van der Waals surface area contributed by atoms with Crippen LogP contribution in [-0.2, 0) is 0 Å². The van der Waals surface area contributed by atoms with Crippen molar-refractivity contribution in [1.29, 1.82) is 0 Å². The van der Waals surface area contributed by atoms with Gasteiger partial charge in [-0.05, 0) is 31.8 Å². The molecule has 1 fully saturated rings. The minimum atomic E-state index is 0.639. The molecule has 2 heterocycles. The SMILES string of the molecule is CC(C)N1CC2CC1C=C2c1cncnc1. The third kappa shape index (κ3) is 1.47. The Morgan fingerprint density at radius 2 is 2.06 bits per heavy atom. The van der Waals surface area contributed by atoms with Gasteiger partial charge in [0.25, 0.3) is 0 Å². The molecule has 3 nitrogen and oxygen atoms in total. The second-order valence-corrected chi connectivity index (χ2v) is 5.04. The van der Waals surface area contributed by atoms with Crippen LogP contribution >= 0.6 is 0 Å². The zero-order valence-electron chi connectivity index (χ0n) is 9.80. The number of rotatable bonds is 2. The quantitative estimate of drug-likeness (QED) is 0.755. The van der Waals surface area contributed by atoms with Gasteiger partial charge in [0.15, 0.2) is 0 Å². The Kier molecular flexibility index (Phi) is 2.28. The first kappa shape index (κ1) is 9.97. The van der Waals surface area contributed by atoms with Crippen LogP contribution in [0.25, 0.3) is 5.57 Å². The van der Waals surface area contributed by atoms with Crippen LogP contribution in [-0.4, -0.2) is 33.5 Å². The average molecular weight is 215 g/mol. The van der Waals surface area contributed by atoms with Gasteiger partial charge in [-0.1, -0.05) is 6.08 Å². The van der Waals surface area contributed by atoms with Crippen LogP contribution in [0.1, 0.15) is 25.8 Å². The standard InChI is InChI=1S/C13H17N3/c1-9(2)16-7-10-3-12(16)4-13(10)11-5-14-8-15-6-11/h4-6,8-10,12H,3,7H2,1-2H3. The van der Waals surface area contributed by atoms with Crippen LogP contribution in [0, 0.1) is 5.92 Å². The molecule has 2 bridgehead atoms. The van der Waals surface area contributed by atoms with Crippen LogP contribution in [0.2, 0.25) is 0 Å². The van der Waals surface area contributed by atoms with E-state index < -0.39 is 0 Å². The Hall–Kier alpha value is -1.22. The molecule has 1 aromatic heterocycles. The van der Waals surface area contributed by atoms with Gasteiger partial charge in [-0.25, -0.2) is 9.97 Å². The second kappa shape index (κ2) is 3.67. The van der Waals surface area contributed by atoms with Crippen LogP contribution in [0.3, 0.4) is 0 Å². The summed E-state index contributed by atoms with van der Waals surface area (Å²) in [6.07, 6.45) is 9.14. The summed E-state index contributed by atoms with van der Waals surface area (Å²) in [5.74, 6) is 0.693. The molecule has 0 amide bonds. The Labute approximate surface area is 96.2 Å². The summed E-state index contributed by atoms with van der Waals surface area (Å²) in [5, 5.41) is 0. The third-order valence-corrected chi connectivity index (χ3v) is 3.75. The molecule has 3 heteroatoms. The van der Waals surface area contributed by atoms with Gasteiger partial charge in [0.05, 0.1) is 0 Å². The van der Waals surface area contributed by atoms with Crippen LogP contribution in [0.5, 0.6) is 0 Å². The lowest BCUT2D eigenvalue weighted by atomic mass is 9.97. The van der Waals surface area contributed by atoms with Gasteiger partial charge in [-0.2, -0.15) is 0 Å². The van der Waals surface area contributed by atoms with Crippen LogP contribution < -0.4 is 0 Å². The molecule has 2 unspecified atom stereocenters. The molecule has 0 N–H and O–H groups in total. The van der Waals surface area contributed by atoms with Crippen molar-refractivity contribution < 1.29 is 0 Å². The van der Waals surface area contributed by atoms with Crippen molar-refractivity contribution >= 4 is 5.57 Å². The molecule has 0 spiro atoms. The number of aromatic nitrogens is 2. The molecule has 0 saturated carbocycles. The van der Waals surface area contributed by atoms with Crippen molar-refractivity contribution in [3.05, 3.63) is 30.4 Å². The van der Waals surface area contributed by atoms with E-state index in [1.165, 1.54) is 24.1 Å². The maximum Gasteiger partial charge on any atom is 0.115 e. The average Bonchev–Trinajstić information content (AvgIpc) is 2.89. The van der Waals surface area contributed by atoms with Gasteiger partial charge in [0.1, 0.15) is 6.33 Å². The molecule has 1 aliphatic heterocycles. The normalized spacial score (nSPS) is 28.8. The number of hydrogen-bond acceptors (Lipinski definition) is 3. The molecule has 84 valence electrons. The lowest BCUT2D eigenvalue weighted by molar-refractivity contribution is 0.227. The Morgan fingerprint density at radius 1 is 1.31 bits per heavy atom. The zero-order valence-corrected chi connectivity index (χ0v) is 9.80. The number of hydrogen-bond donors (Lipinski definition) is 0. The fraction of sp³-hybridized carbons (Fsp3) is 0.538. The van der Waals surface area contributed by atoms with Gasteiger partial charge >= 0.3 is 0 Å². The minimum absolute atomic E-state index is 0.639. The molecule has 2 atom stereocenters. The van der Waals surface area contributed by atoms with Crippen molar-refractivity contribution in [3.63, 3.8) is 0 Å². The van der Waals surface area contributed by atoms with E-state index in [0.717, 1.165) is 0 Å². The van der Waals surface area contributed by atoms with Gasteiger partial charge < -0.3 is 0 Å². The van der Waals surface area contributed by atoms with Gasteiger partial charge in [-0.3, -0.25) is 4.90 Å². The van der Waals surface area contributed by atoms with E-state index in [-0.39, 0.29) is 0 Å². The summed E-state index contributed by atoms with van der Waals surface area (Å²) in [7, 11) is 0. The highest BCUT2D eigenvalue weighted by Crippen LogP contribution is 2.42. The molecule has 0 radical (unpaired) electrons. The fourth-order valence-electron chi connectivity index (χ4n) is 3.00. The predicted octanol–water partition coefficient (Wildman–Crippen LogP) is 1.97. The van der Waals surface area contributed by atoms with Gasteiger partial charge in [0.2, 0.25) is 0 Å². The molecule has 2 aliphatic rings. The monoisotopic (exact) mass is 215 g/mol. The van der Waals surface area contributed by atoms with Crippen molar-refractivity contribution in [2.24, 2.45) is 5.92 Å². The Balaban J connectivity index is 1.87. The van der Waals surface area contributed by atoms with E-state index in [1.807, 2.05) is 12.4 Å². The van der Waals surface area contributed by atoms with E-state index in [9.17, 15) is 0 Å². The van der Waals surface area contributed by atoms with Crippen LogP contribution in [0.4, 0.5) is 0 Å². The Bertz CT molecular complexity index is 410. The highest BCUT2D eigenvalue weighted by atomic mass is 15.2. The first-order chi connectivity index (χ1) is 7.75. The van der Waals surface area contributed by atoms with Crippen molar-refractivity contribution in [1.82, 2.24) is 14.9 Å². The maximum absolute atomic E-state index is 4.10. The summed E-state index contributed by atoms with van der Waals surface area (Å²) in [5.41, 5.74) is 2.67. The smallest absolute Gasteiger partial charge is 0.115 e. The lowest BCUT2D eigenvalue weighted by Crippen LogP contribution is -2.36. The minimum Gasteiger partial charge on any atom is -0.294 e. The van der Waals surface area contributed by atoms with Gasteiger partial charge in [-0.15, -0.1) is 0 Å². The van der Waals surface area contributed by atoms with E-state index in [1.54, 1.807) is 6.33 Å².